The number of aromatic nitrogens is 2. The number of nitro groups is 1. The molecule has 0 aromatic carbocycles. The lowest BCUT2D eigenvalue weighted by molar-refractivity contribution is -0.385. The van der Waals surface area contributed by atoms with Crippen molar-refractivity contribution >= 4 is 5.69 Å². The minimum absolute atomic E-state index is 0.0755. The number of hydrogen-bond acceptors (Lipinski definition) is 5. The Balaban J connectivity index is 2.84. The molecule has 2 atom stereocenters. The first-order chi connectivity index (χ1) is 7.60. The van der Waals surface area contributed by atoms with Crippen LogP contribution in [0.4, 0.5) is 5.69 Å². The van der Waals surface area contributed by atoms with Gasteiger partial charge >= 0.3 is 5.69 Å². The van der Waals surface area contributed by atoms with E-state index >= 15 is 0 Å². The second-order valence-corrected chi connectivity index (χ2v) is 3.65. The Morgan fingerprint density at radius 1 is 1.50 bits per heavy atom. The van der Waals surface area contributed by atoms with Crippen molar-refractivity contribution in [1.82, 2.24) is 15.3 Å². The maximum absolute atomic E-state index is 10.4. The average Bonchev–Trinajstić information content (AvgIpc) is 2.30. The zero-order chi connectivity index (χ0) is 12.1. The molecule has 1 rings (SSSR count). The molecular formula is C10H16N4O2. The molecule has 2 unspecified atom stereocenters. The van der Waals surface area contributed by atoms with E-state index in [4.69, 9.17) is 0 Å². The van der Waals surface area contributed by atoms with Crippen LogP contribution in [-0.4, -0.2) is 28.0 Å². The summed E-state index contributed by atoms with van der Waals surface area (Å²) in [5, 5.41) is 13.6. The topological polar surface area (TPSA) is 81.0 Å². The zero-order valence-electron chi connectivity index (χ0n) is 9.67. The van der Waals surface area contributed by atoms with Crippen LogP contribution in [0.5, 0.6) is 0 Å². The van der Waals surface area contributed by atoms with Crippen LogP contribution in [0.15, 0.2) is 12.4 Å². The highest BCUT2D eigenvalue weighted by atomic mass is 16.6. The Hall–Kier alpha value is -1.56. The van der Waals surface area contributed by atoms with Gasteiger partial charge < -0.3 is 5.32 Å². The minimum Gasteiger partial charge on any atom is -0.316 e. The molecule has 0 amide bonds. The third-order valence-corrected chi connectivity index (χ3v) is 2.69. The van der Waals surface area contributed by atoms with Gasteiger partial charge in [0.2, 0.25) is 0 Å². The molecule has 0 saturated heterocycles. The molecule has 0 spiro atoms. The Labute approximate surface area is 94.3 Å². The lowest BCUT2D eigenvalue weighted by Gasteiger charge is -2.20. The van der Waals surface area contributed by atoms with Gasteiger partial charge in [-0.1, -0.05) is 13.8 Å². The van der Waals surface area contributed by atoms with Gasteiger partial charge in [0.15, 0.2) is 0 Å². The lowest BCUT2D eigenvalue weighted by atomic mass is 9.99. The van der Waals surface area contributed by atoms with E-state index in [1.807, 2.05) is 14.0 Å². The van der Waals surface area contributed by atoms with Crippen LogP contribution in [0.1, 0.15) is 32.0 Å². The van der Waals surface area contributed by atoms with Crippen LogP contribution in [0.25, 0.3) is 0 Å². The molecule has 0 radical (unpaired) electrons. The van der Waals surface area contributed by atoms with Crippen molar-refractivity contribution in [1.29, 1.82) is 0 Å². The Morgan fingerprint density at radius 2 is 2.06 bits per heavy atom. The summed E-state index contributed by atoms with van der Waals surface area (Å²) in [6.45, 7) is 4.08. The summed E-state index contributed by atoms with van der Waals surface area (Å²) < 4.78 is 0. The molecule has 0 aliphatic carbocycles. The van der Waals surface area contributed by atoms with Gasteiger partial charge in [0.1, 0.15) is 18.2 Å². The van der Waals surface area contributed by atoms with Crippen molar-refractivity contribution in [2.75, 3.05) is 7.05 Å². The number of nitrogens with one attached hydrogen (secondary N) is 1. The second kappa shape index (κ2) is 5.50. The molecule has 0 aliphatic heterocycles. The van der Waals surface area contributed by atoms with Gasteiger partial charge in [-0.2, -0.15) is 0 Å². The third kappa shape index (κ3) is 2.73. The van der Waals surface area contributed by atoms with E-state index in [1.165, 1.54) is 12.4 Å². The van der Waals surface area contributed by atoms with Crippen LogP contribution in [0.3, 0.4) is 0 Å². The minimum atomic E-state index is -0.496. The molecule has 6 heteroatoms. The summed E-state index contributed by atoms with van der Waals surface area (Å²) in [6.07, 6.45) is 3.46. The highest BCUT2D eigenvalue weighted by molar-refractivity contribution is 5.21. The van der Waals surface area contributed by atoms with Gasteiger partial charge in [0, 0.05) is 12.0 Å². The van der Waals surface area contributed by atoms with Gasteiger partial charge in [-0.15, -0.1) is 0 Å². The first-order valence-electron chi connectivity index (χ1n) is 5.23. The molecule has 1 aromatic heterocycles. The quantitative estimate of drug-likeness (QED) is 0.605. The molecule has 1 N–H and O–H groups in total. The van der Waals surface area contributed by atoms with Crippen LogP contribution in [0.2, 0.25) is 0 Å². The summed E-state index contributed by atoms with van der Waals surface area (Å²) in [5.41, 5.74) is -0.0755. The summed E-state index contributed by atoms with van der Waals surface area (Å²) in [7, 11) is 1.88. The first kappa shape index (κ1) is 12.5. The van der Waals surface area contributed by atoms with Crippen molar-refractivity contribution in [3.8, 4) is 0 Å². The maximum Gasteiger partial charge on any atom is 0.305 e. The highest BCUT2D eigenvalue weighted by Crippen LogP contribution is 2.18. The predicted molar refractivity (Wildman–Crippen MR) is 60.2 cm³/mol. The molecule has 88 valence electrons. The summed E-state index contributed by atoms with van der Waals surface area (Å²) in [6, 6.07) is 0.279. The molecule has 0 aliphatic rings. The van der Waals surface area contributed by atoms with Crippen LogP contribution in [-0.2, 0) is 0 Å². The van der Waals surface area contributed by atoms with Crippen LogP contribution < -0.4 is 5.32 Å². The van der Waals surface area contributed by atoms with Crippen molar-refractivity contribution in [3.63, 3.8) is 0 Å². The van der Waals surface area contributed by atoms with Gasteiger partial charge in [-0.3, -0.25) is 10.1 Å². The molecule has 1 aromatic rings. The largest absolute Gasteiger partial charge is 0.316 e. The normalized spacial score (nSPS) is 14.4. The summed E-state index contributed by atoms with van der Waals surface area (Å²) in [4.78, 5) is 18.0. The molecule has 0 saturated carbocycles. The van der Waals surface area contributed by atoms with Crippen LogP contribution >= 0.6 is 0 Å². The lowest BCUT2D eigenvalue weighted by Crippen LogP contribution is -2.30. The van der Waals surface area contributed by atoms with Crippen molar-refractivity contribution in [2.45, 2.75) is 32.2 Å². The van der Waals surface area contributed by atoms with Crippen molar-refractivity contribution in [3.05, 3.63) is 28.3 Å². The van der Waals surface area contributed by atoms with E-state index in [0.29, 0.717) is 5.82 Å². The fourth-order valence-corrected chi connectivity index (χ4v) is 1.65. The van der Waals surface area contributed by atoms with Gasteiger partial charge in [-0.05, 0) is 13.5 Å². The van der Waals surface area contributed by atoms with Crippen LogP contribution in [0, 0.1) is 10.1 Å². The van der Waals surface area contributed by atoms with E-state index in [0.717, 1.165) is 6.42 Å². The number of hydrogen-bond donors (Lipinski definition) is 1. The molecule has 0 fully saturated rings. The van der Waals surface area contributed by atoms with E-state index in [9.17, 15) is 10.1 Å². The van der Waals surface area contributed by atoms with E-state index in [1.54, 1.807) is 0 Å². The number of nitrogens with zero attached hydrogens (tertiary/aromatic N) is 3. The summed E-state index contributed by atoms with van der Waals surface area (Å²) >= 11 is 0. The molecule has 1 heterocycles. The average molecular weight is 224 g/mol. The fourth-order valence-electron chi connectivity index (χ4n) is 1.65. The molecule has 16 heavy (non-hydrogen) atoms. The predicted octanol–water partition coefficient (Wildman–Crippen LogP) is 1.49. The number of likely N-dealkylation sites (N-methyl/N-ethyl adjacent to an activating group) is 1. The first-order valence-corrected chi connectivity index (χ1v) is 5.23. The van der Waals surface area contributed by atoms with E-state index < -0.39 is 4.92 Å². The molecule has 0 bridgehead atoms. The van der Waals surface area contributed by atoms with E-state index in [-0.39, 0.29) is 17.6 Å². The smallest absolute Gasteiger partial charge is 0.305 e. The Morgan fingerprint density at radius 3 is 2.44 bits per heavy atom. The fraction of sp³-hybridized carbons (Fsp3) is 0.600. The molecule has 6 nitrogen and oxygen atoms in total. The third-order valence-electron chi connectivity index (χ3n) is 2.69. The van der Waals surface area contributed by atoms with Crippen molar-refractivity contribution < 1.29 is 4.92 Å². The Kier molecular flexibility index (Phi) is 4.30. The van der Waals surface area contributed by atoms with Gasteiger partial charge in [-0.25, -0.2) is 9.97 Å². The molecular weight excluding hydrogens is 208 g/mol. The number of rotatable bonds is 5. The second-order valence-electron chi connectivity index (χ2n) is 3.65. The monoisotopic (exact) mass is 224 g/mol. The maximum atomic E-state index is 10.4. The van der Waals surface area contributed by atoms with Gasteiger partial charge in [0.25, 0.3) is 0 Å². The SMILES string of the molecule is CCC(NC)C(C)c1ncc([N+](=O)[O-])cn1. The van der Waals surface area contributed by atoms with E-state index in [2.05, 4.69) is 22.2 Å². The van der Waals surface area contributed by atoms with Crippen molar-refractivity contribution in [2.24, 2.45) is 0 Å². The standard InChI is InChI=1S/C10H16N4O2/c1-4-9(11-3)7(2)10-12-5-8(6-13-10)14(15)16/h5-7,9,11H,4H2,1-3H3. The summed E-state index contributed by atoms with van der Waals surface area (Å²) in [5.74, 6) is 0.766. The Bertz CT molecular complexity index is 348. The van der Waals surface area contributed by atoms with Gasteiger partial charge in [0.05, 0.1) is 4.92 Å². The highest BCUT2D eigenvalue weighted by Gasteiger charge is 2.18. The zero-order valence-corrected chi connectivity index (χ0v) is 9.67.